The van der Waals surface area contributed by atoms with E-state index in [4.69, 9.17) is 22.2 Å². The lowest BCUT2D eigenvalue weighted by atomic mass is 10.1. The maximum absolute atomic E-state index is 9.13. The first kappa shape index (κ1) is 24.0. The van der Waals surface area contributed by atoms with Crippen molar-refractivity contribution >= 4 is 11.7 Å². The first-order valence-electron chi connectivity index (χ1n) is 10.1. The summed E-state index contributed by atoms with van der Waals surface area (Å²) in [5.41, 5.74) is 9.89. The van der Waals surface area contributed by atoms with Crippen LogP contribution in [0.5, 0.6) is 0 Å². The Morgan fingerprint density at radius 3 is 2.84 bits per heavy atom. The van der Waals surface area contributed by atoms with E-state index >= 15 is 0 Å². The van der Waals surface area contributed by atoms with Crippen LogP contribution in [0.2, 0.25) is 0 Å². The van der Waals surface area contributed by atoms with Crippen molar-refractivity contribution in [3.8, 4) is 29.7 Å². The third kappa shape index (κ3) is 6.13. The van der Waals surface area contributed by atoms with Crippen molar-refractivity contribution in [3.63, 3.8) is 0 Å². The second-order valence-corrected chi connectivity index (χ2v) is 6.81. The molecular formula is C25H26N6O. The molecule has 0 aliphatic heterocycles. The first-order valence-corrected chi connectivity index (χ1v) is 10.1. The van der Waals surface area contributed by atoms with E-state index in [2.05, 4.69) is 38.5 Å². The number of ether oxygens (including phenoxy) is 1. The number of nitrogens with two attached hydrogens (primary N) is 1. The molecule has 2 aromatic heterocycles. The van der Waals surface area contributed by atoms with Gasteiger partial charge in [0.05, 0.1) is 24.4 Å². The van der Waals surface area contributed by atoms with Crippen LogP contribution in [0.15, 0.2) is 65.7 Å². The van der Waals surface area contributed by atoms with Gasteiger partial charge in [-0.3, -0.25) is 4.98 Å². The Morgan fingerprint density at radius 2 is 2.22 bits per heavy atom. The highest BCUT2D eigenvalue weighted by Crippen LogP contribution is 2.24. The largest absolute Gasteiger partial charge is 0.468 e. The van der Waals surface area contributed by atoms with Gasteiger partial charge < -0.3 is 10.5 Å². The van der Waals surface area contributed by atoms with E-state index in [9.17, 15) is 0 Å². The van der Waals surface area contributed by atoms with Gasteiger partial charge in [0.15, 0.2) is 11.5 Å². The number of nitrogens with zero attached hydrogens (tertiary/aromatic N) is 5. The molecule has 0 bridgehead atoms. The molecule has 0 aromatic carbocycles. The minimum Gasteiger partial charge on any atom is -0.468 e. The van der Waals surface area contributed by atoms with E-state index in [1.165, 1.54) is 0 Å². The zero-order chi connectivity index (χ0) is 23.5. The van der Waals surface area contributed by atoms with Crippen molar-refractivity contribution in [1.29, 1.82) is 5.26 Å². The minimum atomic E-state index is -0.331. The molecule has 2 aromatic rings. The molecule has 1 atom stereocenters. The Balaban J connectivity index is 2.57. The van der Waals surface area contributed by atoms with E-state index in [0.717, 1.165) is 16.7 Å². The van der Waals surface area contributed by atoms with E-state index < -0.39 is 0 Å². The Morgan fingerprint density at radius 1 is 1.44 bits per heavy atom. The highest BCUT2D eigenvalue weighted by molar-refractivity contribution is 5.97. The van der Waals surface area contributed by atoms with E-state index in [1.54, 1.807) is 37.7 Å². The molecule has 0 aliphatic carbocycles. The van der Waals surface area contributed by atoms with Gasteiger partial charge in [-0.2, -0.15) is 5.26 Å². The number of rotatable bonds is 8. The molecule has 7 heteroatoms. The number of nitrogen functional groups attached to an aromatic ring is 1. The van der Waals surface area contributed by atoms with Crippen molar-refractivity contribution in [2.45, 2.75) is 39.7 Å². The Kier molecular flexibility index (Phi) is 8.89. The average Bonchev–Trinajstić information content (AvgIpc) is 2.78. The molecule has 0 aliphatic rings. The topological polar surface area (TPSA) is 110 Å². The fourth-order valence-electron chi connectivity index (χ4n) is 2.95. The zero-order valence-electron chi connectivity index (χ0n) is 18.5. The molecule has 2 heterocycles. The second kappa shape index (κ2) is 11.8. The molecule has 0 amide bonds. The van der Waals surface area contributed by atoms with Crippen LogP contribution in [-0.4, -0.2) is 27.0 Å². The van der Waals surface area contributed by atoms with Gasteiger partial charge in [0, 0.05) is 23.7 Å². The summed E-state index contributed by atoms with van der Waals surface area (Å²) < 4.78 is 6.25. The van der Waals surface area contributed by atoms with E-state index in [1.807, 2.05) is 26.0 Å². The van der Waals surface area contributed by atoms with Crippen LogP contribution in [0.3, 0.4) is 0 Å². The highest BCUT2D eigenvalue weighted by atomic mass is 16.5. The normalized spacial score (nSPS) is 12.8. The number of hydrogen-bond acceptors (Lipinski definition) is 7. The van der Waals surface area contributed by atoms with Crippen LogP contribution in [0.25, 0.3) is 11.3 Å². The predicted octanol–water partition coefficient (Wildman–Crippen LogP) is 4.40. The van der Waals surface area contributed by atoms with Crippen LogP contribution in [0.1, 0.15) is 38.4 Å². The number of aliphatic imine (C=N–C) groups is 1. The van der Waals surface area contributed by atoms with Gasteiger partial charge in [-0.1, -0.05) is 25.5 Å². The zero-order valence-corrected chi connectivity index (χ0v) is 18.5. The van der Waals surface area contributed by atoms with Crippen molar-refractivity contribution in [1.82, 2.24) is 15.0 Å². The molecule has 0 radical (unpaired) electrons. The van der Waals surface area contributed by atoms with Crippen LogP contribution >= 0.6 is 0 Å². The molecule has 162 valence electrons. The smallest absolute Gasteiger partial charge is 0.244 e. The van der Waals surface area contributed by atoms with Crippen molar-refractivity contribution < 1.29 is 4.74 Å². The lowest BCUT2D eigenvalue weighted by Gasteiger charge is -2.20. The maximum Gasteiger partial charge on any atom is 0.244 e. The molecule has 7 nitrogen and oxygen atoms in total. The Bertz CT molecular complexity index is 1150. The minimum absolute atomic E-state index is 0.167. The summed E-state index contributed by atoms with van der Waals surface area (Å²) in [4.78, 5) is 17.5. The van der Waals surface area contributed by atoms with Gasteiger partial charge in [0.1, 0.15) is 6.10 Å². The molecule has 0 fully saturated rings. The predicted molar refractivity (Wildman–Crippen MR) is 127 cm³/mol. The fraction of sp³-hybridized carbons (Fsp3) is 0.240. The van der Waals surface area contributed by atoms with Gasteiger partial charge in [-0.15, -0.1) is 6.42 Å². The molecule has 32 heavy (non-hydrogen) atoms. The lowest BCUT2D eigenvalue weighted by Crippen LogP contribution is -2.22. The molecule has 2 N–H and O–H groups in total. The molecular weight excluding hydrogens is 400 g/mol. The SMILES string of the molecule is C#C/C=C\C(=C/C)C(CC)OC(=NC(=C)C)c1nc(-c2ccncc2CC#N)cnc1N. The second-order valence-electron chi connectivity index (χ2n) is 6.81. The number of pyridine rings is 1. The summed E-state index contributed by atoms with van der Waals surface area (Å²) in [5, 5.41) is 9.13. The Labute approximate surface area is 189 Å². The van der Waals surface area contributed by atoms with Gasteiger partial charge in [0.2, 0.25) is 5.90 Å². The van der Waals surface area contributed by atoms with Crippen LogP contribution < -0.4 is 5.73 Å². The summed E-state index contributed by atoms with van der Waals surface area (Å²) in [6.45, 7) is 9.51. The molecule has 1 unspecified atom stereocenters. The van der Waals surface area contributed by atoms with Crippen molar-refractivity contribution in [2.24, 2.45) is 4.99 Å². The monoisotopic (exact) mass is 426 g/mol. The number of anilines is 1. The van der Waals surface area contributed by atoms with Gasteiger partial charge in [-0.25, -0.2) is 15.0 Å². The number of nitriles is 1. The van der Waals surface area contributed by atoms with Crippen molar-refractivity contribution in [3.05, 3.63) is 72.0 Å². The number of aromatic nitrogens is 3. The standard InChI is InChI=1S/C25H26N6O/c1-6-9-10-18(7-2)22(8-3)32-25(30-17(4)5)23-24(27)29-16-21(31-23)20-12-14-28-15-19(20)11-13-26/h1,7,9-10,12,14-16,22H,4,8,11H2,2-3,5H3,(H2,27,29)/b10-9-,18-7+,30-25?. The summed E-state index contributed by atoms with van der Waals surface area (Å²) in [5.74, 6) is 2.86. The van der Waals surface area contributed by atoms with E-state index in [-0.39, 0.29) is 24.2 Å². The number of hydrogen-bond donors (Lipinski definition) is 1. The van der Waals surface area contributed by atoms with Crippen LogP contribution in [0, 0.1) is 23.7 Å². The van der Waals surface area contributed by atoms with Gasteiger partial charge in [-0.05, 0) is 49.6 Å². The molecule has 0 saturated heterocycles. The van der Waals surface area contributed by atoms with Gasteiger partial charge >= 0.3 is 0 Å². The third-order valence-electron chi connectivity index (χ3n) is 4.45. The first-order chi connectivity index (χ1) is 15.4. The fourth-order valence-corrected chi connectivity index (χ4v) is 2.95. The number of terminal acetylenes is 1. The third-order valence-corrected chi connectivity index (χ3v) is 4.45. The van der Waals surface area contributed by atoms with E-state index in [0.29, 0.717) is 23.5 Å². The molecule has 0 spiro atoms. The summed E-state index contributed by atoms with van der Waals surface area (Å²) >= 11 is 0. The lowest BCUT2D eigenvalue weighted by molar-refractivity contribution is 0.223. The maximum atomic E-state index is 9.13. The highest BCUT2D eigenvalue weighted by Gasteiger charge is 2.21. The summed E-state index contributed by atoms with van der Waals surface area (Å²) in [7, 11) is 0. The van der Waals surface area contributed by atoms with Gasteiger partial charge in [0.25, 0.3) is 0 Å². The number of allylic oxidation sites excluding steroid dienone is 3. The molecule has 0 saturated carbocycles. The Hall–Kier alpha value is -4.23. The van der Waals surface area contributed by atoms with Crippen molar-refractivity contribution in [2.75, 3.05) is 5.73 Å². The average molecular weight is 427 g/mol. The van der Waals surface area contributed by atoms with Crippen LogP contribution in [-0.2, 0) is 11.2 Å². The van der Waals surface area contributed by atoms with Crippen LogP contribution in [0.4, 0.5) is 5.82 Å². The quantitative estimate of drug-likeness (QED) is 0.290. The summed E-state index contributed by atoms with van der Waals surface area (Å²) in [6.07, 6.45) is 16.1. The summed E-state index contributed by atoms with van der Waals surface area (Å²) in [6, 6.07) is 3.92. The molecule has 2 rings (SSSR count).